The van der Waals surface area contributed by atoms with Gasteiger partial charge in [0, 0.05) is 5.56 Å². The highest BCUT2D eigenvalue weighted by Crippen LogP contribution is 2.36. The Morgan fingerprint density at radius 2 is 1.53 bits per heavy atom. The number of rotatable bonds is 5. The van der Waals surface area contributed by atoms with Crippen LogP contribution in [0.4, 0.5) is 0 Å². The third kappa shape index (κ3) is 4.61. The molecule has 154 valence electrons. The summed E-state index contributed by atoms with van der Waals surface area (Å²) in [6.07, 6.45) is 1.75. The van der Waals surface area contributed by atoms with E-state index in [0.29, 0.717) is 32.5 Å². The Hall–Kier alpha value is -3.76. The lowest BCUT2D eigenvalue weighted by molar-refractivity contribution is 0.306. The van der Waals surface area contributed by atoms with Crippen LogP contribution < -0.4 is 4.74 Å². The average Bonchev–Trinajstić information content (AvgIpc) is 2.82. The van der Waals surface area contributed by atoms with E-state index in [1.165, 1.54) is 0 Å². The molecule has 0 spiro atoms. The van der Waals surface area contributed by atoms with Gasteiger partial charge in [0.15, 0.2) is 5.75 Å². The summed E-state index contributed by atoms with van der Waals surface area (Å²) < 4.78 is 5.81. The molecule has 0 heterocycles. The van der Waals surface area contributed by atoms with E-state index in [9.17, 15) is 10.5 Å². The van der Waals surface area contributed by atoms with Crippen molar-refractivity contribution >= 4 is 45.6 Å². The Balaban J connectivity index is 1.62. The van der Waals surface area contributed by atoms with Crippen molar-refractivity contribution in [2.75, 3.05) is 0 Å². The lowest BCUT2D eigenvalue weighted by Gasteiger charge is -2.12. The first-order valence-corrected chi connectivity index (χ1v) is 10.6. The first kappa shape index (κ1) is 21.5. The summed E-state index contributed by atoms with van der Waals surface area (Å²) in [6, 6.07) is 28.9. The molecule has 4 rings (SSSR count). The molecule has 0 amide bonds. The standard InChI is InChI=1S/C27H16Cl2N2O/c28-25-12-18(11-24(16-31)21-10-9-19-5-1-2-6-20(19)14-21)13-26(29)27(25)32-17-23-8-4-3-7-22(23)15-30/h1-14H,17H2/b24-11-. The van der Waals surface area contributed by atoms with Crippen molar-refractivity contribution in [2.24, 2.45) is 0 Å². The Labute approximate surface area is 196 Å². The van der Waals surface area contributed by atoms with Crippen LogP contribution in [0.1, 0.15) is 22.3 Å². The van der Waals surface area contributed by atoms with Crippen molar-refractivity contribution in [3.63, 3.8) is 0 Å². The molecular weight excluding hydrogens is 439 g/mol. The van der Waals surface area contributed by atoms with Crippen LogP contribution in [-0.2, 0) is 6.61 Å². The number of fused-ring (bicyclic) bond motifs is 1. The minimum atomic E-state index is 0.166. The summed E-state index contributed by atoms with van der Waals surface area (Å²) in [4.78, 5) is 0. The normalized spacial score (nSPS) is 11.1. The molecule has 0 aliphatic rings. The van der Waals surface area contributed by atoms with Crippen molar-refractivity contribution in [1.29, 1.82) is 10.5 Å². The predicted octanol–water partition coefficient (Wildman–Crippen LogP) is 7.66. The second kappa shape index (κ2) is 9.58. The van der Waals surface area contributed by atoms with E-state index in [-0.39, 0.29) is 6.61 Å². The smallest absolute Gasteiger partial charge is 0.157 e. The lowest BCUT2D eigenvalue weighted by Crippen LogP contribution is -1.99. The predicted molar refractivity (Wildman–Crippen MR) is 129 cm³/mol. The highest BCUT2D eigenvalue weighted by molar-refractivity contribution is 6.37. The second-order valence-corrected chi connectivity index (χ2v) is 7.92. The second-order valence-electron chi connectivity index (χ2n) is 7.10. The van der Waals surface area contributed by atoms with Gasteiger partial charge in [-0.2, -0.15) is 10.5 Å². The van der Waals surface area contributed by atoms with Crippen molar-refractivity contribution in [3.05, 3.63) is 111 Å². The van der Waals surface area contributed by atoms with E-state index in [1.807, 2.05) is 54.6 Å². The van der Waals surface area contributed by atoms with Crippen LogP contribution in [0.5, 0.6) is 5.75 Å². The number of nitriles is 2. The molecular formula is C27H16Cl2N2O. The van der Waals surface area contributed by atoms with E-state index < -0.39 is 0 Å². The van der Waals surface area contributed by atoms with E-state index in [4.69, 9.17) is 27.9 Å². The zero-order chi connectivity index (χ0) is 22.5. The summed E-state index contributed by atoms with van der Waals surface area (Å²) in [5, 5.41) is 21.8. The molecule has 0 radical (unpaired) electrons. The van der Waals surface area contributed by atoms with Gasteiger partial charge in [-0.15, -0.1) is 0 Å². The number of ether oxygens (including phenoxy) is 1. The Morgan fingerprint density at radius 3 is 2.25 bits per heavy atom. The van der Waals surface area contributed by atoms with Gasteiger partial charge in [0.1, 0.15) is 6.61 Å². The topological polar surface area (TPSA) is 56.8 Å². The van der Waals surface area contributed by atoms with Crippen LogP contribution in [0.3, 0.4) is 0 Å². The van der Waals surface area contributed by atoms with Crippen LogP contribution in [0, 0.1) is 22.7 Å². The third-order valence-corrected chi connectivity index (χ3v) is 5.58. The Bertz CT molecular complexity index is 1400. The average molecular weight is 455 g/mol. The molecule has 5 heteroatoms. The van der Waals surface area contributed by atoms with Gasteiger partial charge in [0.2, 0.25) is 0 Å². The van der Waals surface area contributed by atoms with E-state index in [0.717, 1.165) is 21.9 Å². The summed E-state index contributed by atoms with van der Waals surface area (Å²) >= 11 is 12.9. The summed E-state index contributed by atoms with van der Waals surface area (Å²) in [5.74, 6) is 0.336. The molecule has 4 aromatic rings. The largest absolute Gasteiger partial charge is 0.486 e. The van der Waals surface area contributed by atoms with Crippen LogP contribution in [-0.4, -0.2) is 0 Å². The third-order valence-electron chi connectivity index (χ3n) is 5.02. The van der Waals surface area contributed by atoms with Gasteiger partial charge in [-0.3, -0.25) is 0 Å². The molecule has 0 atom stereocenters. The SMILES string of the molecule is N#C/C(=C/c1cc(Cl)c(OCc2ccccc2C#N)c(Cl)c1)c1ccc2ccccc2c1. The monoisotopic (exact) mass is 454 g/mol. The Morgan fingerprint density at radius 1 is 0.844 bits per heavy atom. The molecule has 0 saturated heterocycles. The van der Waals surface area contributed by atoms with Gasteiger partial charge in [-0.05, 0) is 52.2 Å². The maximum absolute atomic E-state index is 9.73. The fraction of sp³-hybridized carbons (Fsp3) is 0.0370. The molecule has 4 aromatic carbocycles. The number of halogens is 2. The highest BCUT2D eigenvalue weighted by Gasteiger charge is 2.12. The fourth-order valence-electron chi connectivity index (χ4n) is 3.41. The molecule has 0 unspecified atom stereocenters. The van der Waals surface area contributed by atoms with Crippen molar-refractivity contribution < 1.29 is 4.74 Å². The van der Waals surface area contributed by atoms with Gasteiger partial charge in [0.25, 0.3) is 0 Å². The summed E-state index contributed by atoms with van der Waals surface area (Å²) in [5.41, 5.74) is 3.28. The number of nitrogens with zero attached hydrogens (tertiary/aromatic N) is 2. The van der Waals surface area contributed by atoms with Crippen LogP contribution >= 0.6 is 23.2 Å². The Kier molecular flexibility index (Phi) is 6.43. The first-order valence-electron chi connectivity index (χ1n) is 9.80. The van der Waals surface area contributed by atoms with Gasteiger partial charge in [-0.25, -0.2) is 0 Å². The van der Waals surface area contributed by atoms with Crippen molar-refractivity contribution in [3.8, 4) is 17.9 Å². The van der Waals surface area contributed by atoms with Crippen LogP contribution in [0.15, 0.2) is 78.9 Å². The van der Waals surface area contributed by atoms with E-state index >= 15 is 0 Å². The number of allylic oxidation sites excluding steroid dienone is 1. The van der Waals surface area contributed by atoms with Crippen LogP contribution in [0.2, 0.25) is 10.0 Å². The van der Waals surface area contributed by atoms with Crippen LogP contribution in [0.25, 0.3) is 22.4 Å². The van der Waals surface area contributed by atoms with Gasteiger partial charge in [0.05, 0.1) is 33.3 Å². The molecule has 3 nitrogen and oxygen atoms in total. The number of hydrogen-bond acceptors (Lipinski definition) is 3. The number of benzene rings is 4. The maximum Gasteiger partial charge on any atom is 0.157 e. The van der Waals surface area contributed by atoms with Crippen molar-refractivity contribution in [1.82, 2.24) is 0 Å². The molecule has 0 bridgehead atoms. The van der Waals surface area contributed by atoms with Gasteiger partial charge in [-0.1, -0.05) is 77.8 Å². The van der Waals surface area contributed by atoms with Gasteiger partial charge < -0.3 is 4.74 Å². The molecule has 0 N–H and O–H groups in total. The van der Waals surface area contributed by atoms with Crippen molar-refractivity contribution in [2.45, 2.75) is 6.61 Å². The van der Waals surface area contributed by atoms with E-state index in [1.54, 1.807) is 30.3 Å². The minimum absolute atomic E-state index is 0.166. The quantitative estimate of drug-likeness (QED) is 0.229. The van der Waals surface area contributed by atoms with E-state index in [2.05, 4.69) is 12.1 Å². The maximum atomic E-state index is 9.73. The molecule has 0 aromatic heterocycles. The zero-order valence-electron chi connectivity index (χ0n) is 16.8. The summed E-state index contributed by atoms with van der Waals surface area (Å²) in [7, 11) is 0. The minimum Gasteiger partial charge on any atom is -0.486 e. The number of hydrogen-bond donors (Lipinski definition) is 0. The molecule has 0 aliphatic carbocycles. The molecule has 0 saturated carbocycles. The highest BCUT2D eigenvalue weighted by atomic mass is 35.5. The zero-order valence-corrected chi connectivity index (χ0v) is 18.4. The fourth-order valence-corrected chi connectivity index (χ4v) is 4.02. The molecule has 0 aliphatic heterocycles. The summed E-state index contributed by atoms with van der Waals surface area (Å²) in [6.45, 7) is 0.166. The molecule has 0 fully saturated rings. The lowest BCUT2D eigenvalue weighted by atomic mass is 10.00. The molecule has 32 heavy (non-hydrogen) atoms. The van der Waals surface area contributed by atoms with Gasteiger partial charge >= 0.3 is 0 Å². The first-order chi connectivity index (χ1) is 15.6.